The van der Waals surface area contributed by atoms with Gasteiger partial charge in [0.15, 0.2) is 17.3 Å². The summed E-state index contributed by atoms with van der Waals surface area (Å²) in [5.74, 6) is 1.12. The molecular formula is C23H22N2O7. The van der Waals surface area contributed by atoms with E-state index in [1.54, 1.807) is 48.5 Å². The van der Waals surface area contributed by atoms with Crippen LogP contribution in [0.4, 0.5) is 5.69 Å². The highest BCUT2D eigenvalue weighted by Crippen LogP contribution is 2.35. The molecule has 3 N–H and O–H groups in total. The number of aryl methyl sites for hydroxylation is 1. The number of carbonyl (C=O) groups is 2. The molecule has 0 radical (unpaired) electrons. The number of aliphatic hydroxyl groups excluding tert-OH is 1. The number of hydrogen-bond acceptors (Lipinski definition) is 7. The van der Waals surface area contributed by atoms with Crippen LogP contribution >= 0.6 is 0 Å². The minimum Gasteiger partial charge on any atom is -0.491 e. The molecule has 3 aromatic rings. The number of aliphatic hydroxyl groups is 1. The van der Waals surface area contributed by atoms with E-state index >= 15 is 0 Å². The lowest BCUT2D eigenvalue weighted by atomic mass is 10.1. The van der Waals surface area contributed by atoms with Crippen molar-refractivity contribution in [2.24, 2.45) is 0 Å². The lowest BCUT2D eigenvalue weighted by Gasteiger charge is -2.14. The number of hydrogen-bond donors (Lipinski definition) is 3. The van der Waals surface area contributed by atoms with Crippen molar-refractivity contribution in [2.75, 3.05) is 25.3 Å². The van der Waals surface area contributed by atoms with Gasteiger partial charge in [0.05, 0.1) is 6.26 Å². The fourth-order valence-corrected chi connectivity index (χ4v) is 3.02. The van der Waals surface area contributed by atoms with Crippen molar-refractivity contribution >= 4 is 17.5 Å². The zero-order chi connectivity index (χ0) is 22.5. The molecule has 1 atom stereocenters. The van der Waals surface area contributed by atoms with Gasteiger partial charge >= 0.3 is 0 Å². The lowest BCUT2D eigenvalue weighted by Crippen LogP contribution is -2.35. The third-order valence-corrected chi connectivity index (χ3v) is 4.78. The molecule has 2 amide bonds. The van der Waals surface area contributed by atoms with Crippen LogP contribution in [0.25, 0.3) is 0 Å². The van der Waals surface area contributed by atoms with Crippen LogP contribution in [-0.4, -0.2) is 43.0 Å². The number of anilines is 1. The molecule has 32 heavy (non-hydrogen) atoms. The van der Waals surface area contributed by atoms with Gasteiger partial charge in [-0.3, -0.25) is 9.59 Å². The molecule has 9 heteroatoms. The van der Waals surface area contributed by atoms with E-state index in [-0.39, 0.29) is 31.6 Å². The Morgan fingerprint density at radius 3 is 2.75 bits per heavy atom. The summed E-state index contributed by atoms with van der Waals surface area (Å²) in [5.41, 5.74) is 1.62. The van der Waals surface area contributed by atoms with Crippen molar-refractivity contribution in [2.45, 2.75) is 13.0 Å². The zero-order valence-electron chi connectivity index (χ0n) is 17.3. The minimum absolute atomic E-state index is 0.00858. The largest absolute Gasteiger partial charge is 0.491 e. The average Bonchev–Trinajstić information content (AvgIpc) is 3.49. The molecule has 0 spiro atoms. The van der Waals surface area contributed by atoms with Gasteiger partial charge in [-0.2, -0.15) is 0 Å². The van der Waals surface area contributed by atoms with Crippen molar-refractivity contribution in [1.82, 2.24) is 5.32 Å². The van der Waals surface area contributed by atoms with E-state index in [4.69, 9.17) is 18.6 Å². The third kappa shape index (κ3) is 5.01. The predicted octanol–water partition coefficient (Wildman–Crippen LogP) is 2.74. The first kappa shape index (κ1) is 21.3. The fourth-order valence-electron chi connectivity index (χ4n) is 3.02. The maximum atomic E-state index is 12.5. The third-order valence-electron chi connectivity index (χ3n) is 4.78. The van der Waals surface area contributed by atoms with E-state index in [2.05, 4.69) is 10.6 Å². The summed E-state index contributed by atoms with van der Waals surface area (Å²) in [6, 6.07) is 13.2. The molecule has 2 aromatic carbocycles. The van der Waals surface area contributed by atoms with Crippen LogP contribution in [-0.2, 0) is 0 Å². The first-order valence-corrected chi connectivity index (χ1v) is 9.94. The Bertz CT molecular complexity index is 1110. The Morgan fingerprint density at radius 1 is 1.09 bits per heavy atom. The highest BCUT2D eigenvalue weighted by molar-refractivity contribution is 6.03. The van der Waals surface area contributed by atoms with Crippen molar-refractivity contribution in [3.63, 3.8) is 0 Å². The molecule has 1 aliphatic rings. The summed E-state index contributed by atoms with van der Waals surface area (Å²) in [5, 5.41) is 15.5. The molecule has 4 rings (SSSR count). The maximum absolute atomic E-state index is 12.5. The molecular weight excluding hydrogens is 416 g/mol. The van der Waals surface area contributed by atoms with Gasteiger partial charge in [0.1, 0.15) is 18.5 Å². The van der Waals surface area contributed by atoms with E-state index in [1.165, 1.54) is 6.26 Å². The van der Waals surface area contributed by atoms with Gasteiger partial charge in [0, 0.05) is 23.9 Å². The topological polar surface area (TPSA) is 119 Å². The second kappa shape index (κ2) is 9.44. The van der Waals surface area contributed by atoms with Crippen LogP contribution in [0.3, 0.4) is 0 Å². The normalized spacial score (nSPS) is 12.8. The maximum Gasteiger partial charge on any atom is 0.291 e. The molecule has 0 saturated carbocycles. The molecule has 1 unspecified atom stereocenters. The Labute approximate surface area is 183 Å². The van der Waals surface area contributed by atoms with Gasteiger partial charge < -0.3 is 34.4 Å². The molecule has 2 heterocycles. The molecule has 1 aliphatic heterocycles. The second-order valence-corrected chi connectivity index (χ2v) is 7.15. The first-order valence-electron chi connectivity index (χ1n) is 9.94. The van der Waals surface area contributed by atoms with Crippen LogP contribution in [0, 0.1) is 6.92 Å². The van der Waals surface area contributed by atoms with E-state index in [9.17, 15) is 14.7 Å². The number of amides is 2. The van der Waals surface area contributed by atoms with Crippen molar-refractivity contribution in [1.29, 1.82) is 0 Å². The van der Waals surface area contributed by atoms with Crippen molar-refractivity contribution in [3.8, 4) is 17.2 Å². The summed E-state index contributed by atoms with van der Waals surface area (Å²) >= 11 is 0. The van der Waals surface area contributed by atoms with E-state index < -0.39 is 12.0 Å². The molecule has 166 valence electrons. The predicted molar refractivity (Wildman–Crippen MR) is 114 cm³/mol. The molecule has 0 fully saturated rings. The standard InChI is InChI=1S/C23H22N2O7/c1-14-4-5-15(9-18(14)25-23(28)20-3-2-8-29-20)22(27)24-11-16(26)12-30-17-6-7-19-21(10-17)32-13-31-19/h2-10,16,26H,11-13H2,1H3,(H,24,27)(H,25,28). The highest BCUT2D eigenvalue weighted by atomic mass is 16.7. The number of carbonyl (C=O) groups excluding carboxylic acids is 2. The van der Waals surface area contributed by atoms with Crippen LogP contribution < -0.4 is 24.8 Å². The van der Waals surface area contributed by atoms with Gasteiger partial charge in [-0.15, -0.1) is 0 Å². The molecule has 0 aliphatic carbocycles. The quantitative estimate of drug-likeness (QED) is 0.495. The van der Waals surface area contributed by atoms with E-state index in [0.29, 0.717) is 28.5 Å². The molecule has 9 nitrogen and oxygen atoms in total. The van der Waals surface area contributed by atoms with Crippen LogP contribution in [0.5, 0.6) is 17.2 Å². The van der Waals surface area contributed by atoms with Crippen LogP contribution in [0.15, 0.2) is 59.2 Å². The Balaban J connectivity index is 1.29. The number of nitrogens with one attached hydrogen (secondary N) is 2. The zero-order valence-corrected chi connectivity index (χ0v) is 17.3. The van der Waals surface area contributed by atoms with Crippen molar-refractivity contribution < 1.29 is 33.3 Å². The lowest BCUT2D eigenvalue weighted by molar-refractivity contribution is 0.0843. The fraction of sp³-hybridized carbons (Fsp3) is 0.217. The minimum atomic E-state index is -0.923. The van der Waals surface area contributed by atoms with Gasteiger partial charge in [-0.25, -0.2) is 0 Å². The Morgan fingerprint density at radius 2 is 1.94 bits per heavy atom. The van der Waals surface area contributed by atoms with Crippen LogP contribution in [0.2, 0.25) is 0 Å². The van der Waals surface area contributed by atoms with Gasteiger partial charge in [-0.05, 0) is 48.9 Å². The summed E-state index contributed by atoms with van der Waals surface area (Å²) in [4.78, 5) is 24.7. The smallest absolute Gasteiger partial charge is 0.291 e. The molecule has 1 aromatic heterocycles. The van der Waals surface area contributed by atoms with Gasteiger partial charge in [0.2, 0.25) is 6.79 Å². The highest BCUT2D eigenvalue weighted by Gasteiger charge is 2.16. The summed E-state index contributed by atoms with van der Waals surface area (Å²) in [6.07, 6.45) is 0.487. The van der Waals surface area contributed by atoms with E-state index in [1.807, 2.05) is 6.92 Å². The number of rotatable bonds is 8. The second-order valence-electron chi connectivity index (χ2n) is 7.15. The molecule has 0 saturated heterocycles. The Hall–Kier alpha value is -3.98. The average molecular weight is 438 g/mol. The monoisotopic (exact) mass is 438 g/mol. The van der Waals surface area contributed by atoms with Gasteiger partial charge in [0.25, 0.3) is 11.8 Å². The number of furan rings is 1. The summed E-state index contributed by atoms with van der Waals surface area (Å²) in [6.45, 7) is 1.96. The summed E-state index contributed by atoms with van der Waals surface area (Å²) < 4.78 is 21.2. The Kier molecular flexibility index (Phi) is 6.27. The van der Waals surface area contributed by atoms with Crippen molar-refractivity contribution in [3.05, 3.63) is 71.7 Å². The molecule has 0 bridgehead atoms. The van der Waals surface area contributed by atoms with E-state index in [0.717, 1.165) is 5.56 Å². The number of benzene rings is 2. The van der Waals surface area contributed by atoms with Gasteiger partial charge in [-0.1, -0.05) is 6.07 Å². The van der Waals surface area contributed by atoms with Crippen LogP contribution in [0.1, 0.15) is 26.5 Å². The number of ether oxygens (including phenoxy) is 3. The first-order chi connectivity index (χ1) is 15.5. The summed E-state index contributed by atoms with van der Waals surface area (Å²) in [7, 11) is 0. The SMILES string of the molecule is Cc1ccc(C(=O)NCC(O)COc2ccc3c(c2)OCO3)cc1NC(=O)c1ccco1. The number of fused-ring (bicyclic) bond motifs is 1.